The molecule has 0 rings (SSSR count). The quantitative estimate of drug-likeness (QED) is 0.601. The smallest absolute Gasteiger partial charge is 0.0431 e. The summed E-state index contributed by atoms with van der Waals surface area (Å²) in [6.45, 7) is 2.57. The Hall–Kier alpha value is 0.310. The summed E-state index contributed by atoms with van der Waals surface area (Å²) in [6.07, 6.45) is 5.49. The highest BCUT2D eigenvalue weighted by atomic mass is 32.2. The molecule has 0 aliphatic carbocycles. The van der Waals surface area contributed by atoms with Gasteiger partial charge in [-0.25, -0.2) is 0 Å². The number of thioether (sulfide) groups is 1. The second kappa shape index (κ2) is 6.43. The zero-order chi connectivity index (χ0) is 7.11. The summed E-state index contributed by atoms with van der Waals surface area (Å²) in [5.41, 5.74) is 0. The Labute approximate surface area is 61.8 Å². The van der Waals surface area contributed by atoms with Gasteiger partial charge in [0.1, 0.15) is 0 Å². The summed E-state index contributed by atoms with van der Waals surface area (Å²) >= 11 is 1.89. The Morgan fingerprint density at radius 1 is 1.44 bits per heavy atom. The van der Waals surface area contributed by atoms with Gasteiger partial charge in [-0.2, -0.15) is 11.8 Å². The van der Waals surface area contributed by atoms with Crippen molar-refractivity contribution >= 4 is 11.8 Å². The third kappa shape index (κ3) is 6.19. The van der Waals surface area contributed by atoms with Crippen molar-refractivity contribution in [3.8, 4) is 0 Å². The number of aliphatic hydroxyl groups excluding tert-OH is 1. The summed E-state index contributed by atoms with van der Waals surface area (Å²) < 4.78 is 0. The lowest BCUT2D eigenvalue weighted by atomic mass is 10.2. The maximum Gasteiger partial charge on any atom is 0.0431 e. The van der Waals surface area contributed by atoms with Gasteiger partial charge in [0, 0.05) is 11.9 Å². The number of hydrogen-bond donors (Lipinski definition) is 1. The molecule has 0 aliphatic rings. The van der Waals surface area contributed by atoms with E-state index in [1.807, 2.05) is 11.8 Å². The molecule has 1 atom stereocenters. The van der Waals surface area contributed by atoms with Crippen LogP contribution in [0.1, 0.15) is 26.2 Å². The van der Waals surface area contributed by atoms with Crippen molar-refractivity contribution in [3.63, 3.8) is 0 Å². The average Bonchev–Trinajstić information content (AvgIpc) is 1.89. The highest BCUT2D eigenvalue weighted by molar-refractivity contribution is 7.99. The average molecular weight is 148 g/mol. The van der Waals surface area contributed by atoms with E-state index in [1.165, 1.54) is 12.8 Å². The highest BCUT2D eigenvalue weighted by Gasteiger charge is 1.96. The zero-order valence-electron chi connectivity index (χ0n) is 6.26. The lowest BCUT2D eigenvalue weighted by Gasteiger charge is -2.05. The van der Waals surface area contributed by atoms with Gasteiger partial charge in [-0.05, 0) is 19.1 Å². The molecule has 0 radical (unpaired) electrons. The molecule has 1 unspecified atom stereocenters. The van der Waals surface area contributed by atoms with Gasteiger partial charge in [0.15, 0.2) is 0 Å². The first kappa shape index (κ1) is 9.31. The zero-order valence-corrected chi connectivity index (χ0v) is 7.08. The molecule has 9 heavy (non-hydrogen) atoms. The third-order valence-electron chi connectivity index (χ3n) is 1.42. The molecule has 1 N–H and O–H groups in total. The molecular weight excluding hydrogens is 132 g/mol. The minimum atomic E-state index is 0.348. The van der Waals surface area contributed by atoms with Crippen molar-refractivity contribution in [2.45, 2.75) is 31.4 Å². The van der Waals surface area contributed by atoms with Gasteiger partial charge in [0.05, 0.1) is 0 Å². The van der Waals surface area contributed by atoms with Crippen LogP contribution in [0.5, 0.6) is 0 Å². The van der Waals surface area contributed by atoms with E-state index < -0.39 is 0 Å². The van der Waals surface area contributed by atoms with E-state index in [-0.39, 0.29) is 0 Å². The summed E-state index contributed by atoms with van der Waals surface area (Å²) in [5, 5.41) is 9.21. The highest BCUT2D eigenvalue weighted by Crippen LogP contribution is 2.12. The normalized spacial score (nSPS) is 13.7. The van der Waals surface area contributed by atoms with Gasteiger partial charge in [0.25, 0.3) is 0 Å². The Morgan fingerprint density at radius 3 is 2.56 bits per heavy atom. The Kier molecular flexibility index (Phi) is 6.65. The van der Waals surface area contributed by atoms with Gasteiger partial charge < -0.3 is 5.11 Å². The molecule has 56 valence electrons. The molecule has 0 heterocycles. The van der Waals surface area contributed by atoms with Crippen LogP contribution in [0.15, 0.2) is 0 Å². The predicted octanol–water partition coefficient (Wildman–Crippen LogP) is 1.90. The first-order valence-corrected chi connectivity index (χ1v) is 4.73. The van der Waals surface area contributed by atoms with Gasteiger partial charge in [-0.1, -0.05) is 13.3 Å². The minimum absolute atomic E-state index is 0.348. The topological polar surface area (TPSA) is 20.2 Å². The number of hydrogen-bond acceptors (Lipinski definition) is 2. The Balaban J connectivity index is 2.88. The van der Waals surface area contributed by atoms with Crippen LogP contribution in [-0.4, -0.2) is 23.2 Å². The molecule has 0 fully saturated rings. The molecule has 0 amide bonds. The lowest BCUT2D eigenvalue weighted by Crippen LogP contribution is -1.95. The first-order chi connectivity index (χ1) is 4.31. The molecule has 0 saturated carbocycles. The maximum atomic E-state index is 8.45. The largest absolute Gasteiger partial charge is 0.396 e. The SMILES string of the molecule is CSC(C)CCCCO. The maximum absolute atomic E-state index is 8.45. The van der Waals surface area contributed by atoms with Gasteiger partial charge >= 0.3 is 0 Å². The van der Waals surface area contributed by atoms with Crippen LogP contribution in [0.4, 0.5) is 0 Å². The fourth-order valence-electron chi connectivity index (χ4n) is 0.661. The van der Waals surface area contributed by atoms with Crippen LogP contribution in [0, 0.1) is 0 Å². The van der Waals surface area contributed by atoms with Crippen molar-refractivity contribution in [1.29, 1.82) is 0 Å². The third-order valence-corrected chi connectivity index (χ3v) is 2.46. The second-order valence-electron chi connectivity index (χ2n) is 2.27. The van der Waals surface area contributed by atoms with Crippen molar-refractivity contribution in [1.82, 2.24) is 0 Å². The van der Waals surface area contributed by atoms with Crippen molar-refractivity contribution < 1.29 is 5.11 Å². The molecule has 0 saturated heterocycles. The van der Waals surface area contributed by atoms with Crippen LogP contribution in [0.2, 0.25) is 0 Å². The van der Waals surface area contributed by atoms with E-state index in [0.29, 0.717) is 6.61 Å². The van der Waals surface area contributed by atoms with Crippen molar-refractivity contribution in [2.75, 3.05) is 12.9 Å². The minimum Gasteiger partial charge on any atom is -0.396 e. The van der Waals surface area contributed by atoms with Crippen LogP contribution in [0.25, 0.3) is 0 Å². The van der Waals surface area contributed by atoms with E-state index in [2.05, 4.69) is 13.2 Å². The van der Waals surface area contributed by atoms with E-state index in [4.69, 9.17) is 5.11 Å². The van der Waals surface area contributed by atoms with Crippen molar-refractivity contribution in [3.05, 3.63) is 0 Å². The molecule has 1 nitrogen and oxygen atoms in total. The van der Waals surface area contributed by atoms with Crippen LogP contribution in [-0.2, 0) is 0 Å². The molecule has 0 aliphatic heterocycles. The Morgan fingerprint density at radius 2 is 2.11 bits per heavy atom. The standard InChI is InChI=1S/C7H16OS/c1-7(9-2)5-3-4-6-8/h7-8H,3-6H2,1-2H3. The molecule has 0 aromatic rings. The Bertz CT molecular complexity index is 56.9. The van der Waals surface area contributed by atoms with Gasteiger partial charge in [0.2, 0.25) is 0 Å². The molecule has 2 heteroatoms. The number of rotatable bonds is 5. The summed E-state index contributed by atoms with van der Waals surface area (Å²) in [4.78, 5) is 0. The van der Waals surface area contributed by atoms with Crippen LogP contribution >= 0.6 is 11.8 Å². The fraction of sp³-hybridized carbons (Fsp3) is 1.00. The molecule has 0 aromatic carbocycles. The van der Waals surface area contributed by atoms with E-state index in [1.54, 1.807) is 0 Å². The summed E-state index contributed by atoms with van der Waals surface area (Å²) in [6, 6.07) is 0. The summed E-state index contributed by atoms with van der Waals surface area (Å²) in [5.74, 6) is 0. The fourth-order valence-corrected chi connectivity index (χ4v) is 1.06. The van der Waals surface area contributed by atoms with E-state index in [0.717, 1.165) is 11.7 Å². The predicted molar refractivity (Wildman–Crippen MR) is 43.9 cm³/mol. The van der Waals surface area contributed by atoms with E-state index in [9.17, 15) is 0 Å². The van der Waals surface area contributed by atoms with Crippen LogP contribution < -0.4 is 0 Å². The summed E-state index contributed by atoms with van der Waals surface area (Å²) in [7, 11) is 0. The molecule has 0 bridgehead atoms. The number of unbranched alkanes of at least 4 members (excludes halogenated alkanes) is 1. The van der Waals surface area contributed by atoms with Crippen LogP contribution in [0.3, 0.4) is 0 Å². The van der Waals surface area contributed by atoms with Gasteiger partial charge in [-0.3, -0.25) is 0 Å². The molecule has 0 aromatic heterocycles. The van der Waals surface area contributed by atoms with E-state index >= 15 is 0 Å². The van der Waals surface area contributed by atoms with Gasteiger partial charge in [-0.15, -0.1) is 0 Å². The second-order valence-corrected chi connectivity index (χ2v) is 3.54. The first-order valence-electron chi connectivity index (χ1n) is 3.45. The number of aliphatic hydroxyl groups is 1. The van der Waals surface area contributed by atoms with Crippen molar-refractivity contribution in [2.24, 2.45) is 0 Å². The molecule has 0 spiro atoms. The lowest BCUT2D eigenvalue weighted by molar-refractivity contribution is 0.283. The molecular formula is C7H16OS. The monoisotopic (exact) mass is 148 g/mol.